The molecule has 1 heteroatoms. The molecule has 0 aromatic carbocycles. The molecule has 0 amide bonds. The van der Waals surface area contributed by atoms with Gasteiger partial charge in [-0.1, -0.05) is 30.7 Å². The Bertz CT molecular complexity index is 156. The van der Waals surface area contributed by atoms with Gasteiger partial charge in [-0.3, -0.25) is 0 Å². The zero-order chi connectivity index (χ0) is 7.40. The predicted octanol–water partition coefficient (Wildman–Crippen LogP) is 3.14. The number of allylic oxidation sites excluding steroid dienone is 4. The molecule has 0 radical (unpaired) electrons. The SMILES string of the molecule is CCC1=CCC(CCl)C=C1. The lowest BCUT2D eigenvalue weighted by atomic mass is 9.97. The Hall–Kier alpha value is -0.230. The zero-order valence-corrected chi connectivity index (χ0v) is 7.06. The Labute approximate surface area is 67.6 Å². The number of hydrogen-bond donors (Lipinski definition) is 0. The molecular formula is C9H13Cl. The maximum Gasteiger partial charge on any atom is 0.0289 e. The van der Waals surface area contributed by atoms with Crippen molar-refractivity contribution in [1.29, 1.82) is 0 Å². The lowest BCUT2D eigenvalue weighted by Gasteiger charge is -2.11. The Kier molecular flexibility index (Phi) is 3.01. The molecular weight excluding hydrogens is 144 g/mol. The van der Waals surface area contributed by atoms with Gasteiger partial charge in [-0.15, -0.1) is 11.6 Å². The molecule has 10 heavy (non-hydrogen) atoms. The van der Waals surface area contributed by atoms with Crippen LogP contribution in [0.15, 0.2) is 23.8 Å². The average Bonchev–Trinajstić information content (AvgIpc) is 2.05. The van der Waals surface area contributed by atoms with Crippen molar-refractivity contribution in [3.05, 3.63) is 23.8 Å². The molecule has 0 aromatic heterocycles. The maximum absolute atomic E-state index is 5.69. The third-order valence-electron chi connectivity index (χ3n) is 1.87. The maximum atomic E-state index is 5.69. The first-order valence-electron chi connectivity index (χ1n) is 3.80. The van der Waals surface area contributed by atoms with Gasteiger partial charge in [0, 0.05) is 5.88 Å². The van der Waals surface area contributed by atoms with E-state index in [4.69, 9.17) is 11.6 Å². The van der Waals surface area contributed by atoms with Gasteiger partial charge in [0.15, 0.2) is 0 Å². The molecule has 0 saturated heterocycles. The number of halogens is 1. The monoisotopic (exact) mass is 156 g/mol. The van der Waals surface area contributed by atoms with E-state index in [0.717, 1.165) is 18.7 Å². The minimum atomic E-state index is 0.581. The van der Waals surface area contributed by atoms with E-state index in [1.807, 2.05) is 0 Å². The molecule has 56 valence electrons. The second-order valence-electron chi connectivity index (χ2n) is 2.64. The summed E-state index contributed by atoms with van der Waals surface area (Å²) in [5.74, 6) is 1.33. The van der Waals surface area contributed by atoms with Crippen molar-refractivity contribution in [3.63, 3.8) is 0 Å². The fraction of sp³-hybridized carbons (Fsp3) is 0.556. The Morgan fingerprint density at radius 1 is 1.70 bits per heavy atom. The molecule has 1 rings (SSSR count). The van der Waals surface area contributed by atoms with Crippen LogP contribution in [0.25, 0.3) is 0 Å². The minimum absolute atomic E-state index is 0.581. The lowest BCUT2D eigenvalue weighted by molar-refractivity contribution is 0.734. The quantitative estimate of drug-likeness (QED) is 0.539. The third-order valence-corrected chi connectivity index (χ3v) is 2.27. The molecule has 0 aromatic rings. The molecule has 0 saturated carbocycles. The van der Waals surface area contributed by atoms with Gasteiger partial charge in [0.05, 0.1) is 0 Å². The minimum Gasteiger partial charge on any atom is -0.126 e. The summed E-state index contributed by atoms with van der Waals surface area (Å²) in [6, 6.07) is 0. The standard InChI is InChI=1S/C9H13Cl/c1-2-8-3-5-9(7-10)6-4-8/h3-5,9H,2,6-7H2,1H3. The van der Waals surface area contributed by atoms with Crippen LogP contribution >= 0.6 is 11.6 Å². The molecule has 1 aliphatic carbocycles. The van der Waals surface area contributed by atoms with Crippen molar-refractivity contribution in [1.82, 2.24) is 0 Å². The first kappa shape index (κ1) is 7.87. The van der Waals surface area contributed by atoms with Gasteiger partial charge in [0.25, 0.3) is 0 Å². The summed E-state index contributed by atoms with van der Waals surface area (Å²) in [7, 11) is 0. The van der Waals surface area contributed by atoms with Crippen molar-refractivity contribution in [2.75, 3.05) is 5.88 Å². The van der Waals surface area contributed by atoms with E-state index in [-0.39, 0.29) is 0 Å². The van der Waals surface area contributed by atoms with Crippen molar-refractivity contribution < 1.29 is 0 Å². The highest BCUT2D eigenvalue weighted by Gasteiger charge is 2.04. The topological polar surface area (TPSA) is 0 Å². The van der Waals surface area contributed by atoms with Gasteiger partial charge in [-0.05, 0) is 18.8 Å². The van der Waals surface area contributed by atoms with Crippen LogP contribution in [0.2, 0.25) is 0 Å². The lowest BCUT2D eigenvalue weighted by Crippen LogP contribution is -2.00. The van der Waals surface area contributed by atoms with Crippen LogP contribution in [-0.4, -0.2) is 5.88 Å². The largest absolute Gasteiger partial charge is 0.126 e. The van der Waals surface area contributed by atoms with E-state index < -0.39 is 0 Å². The summed E-state index contributed by atoms with van der Waals surface area (Å²) in [6.45, 7) is 2.18. The van der Waals surface area contributed by atoms with E-state index in [0.29, 0.717) is 5.92 Å². The summed E-state index contributed by atoms with van der Waals surface area (Å²) >= 11 is 5.69. The van der Waals surface area contributed by atoms with Crippen LogP contribution in [0, 0.1) is 5.92 Å². The molecule has 1 aliphatic rings. The molecule has 0 N–H and O–H groups in total. The van der Waals surface area contributed by atoms with E-state index in [1.165, 1.54) is 5.57 Å². The third kappa shape index (κ3) is 1.88. The molecule has 0 aliphatic heterocycles. The number of hydrogen-bond acceptors (Lipinski definition) is 0. The fourth-order valence-corrected chi connectivity index (χ4v) is 1.31. The Morgan fingerprint density at radius 2 is 2.50 bits per heavy atom. The van der Waals surface area contributed by atoms with Gasteiger partial charge >= 0.3 is 0 Å². The summed E-state index contributed by atoms with van der Waals surface area (Å²) in [4.78, 5) is 0. The number of rotatable bonds is 2. The fourth-order valence-electron chi connectivity index (χ4n) is 1.09. The van der Waals surface area contributed by atoms with Crippen molar-refractivity contribution in [2.45, 2.75) is 19.8 Å². The second-order valence-corrected chi connectivity index (χ2v) is 2.95. The van der Waals surface area contributed by atoms with Gasteiger partial charge in [0.2, 0.25) is 0 Å². The van der Waals surface area contributed by atoms with Crippen LogP contribution < -0.4 is 0 Å². The van der Waals surface area contributed by atoms with Crippen molar-refractivity contribution in [3.8, 4) is 0 Å². The van der Waals surface area contributed by atoms with E-state index in [1.54, 1.807) is 0 Å². The molecule has 0 spiro atoms. The molecule has 1 atom stereocenters. The molecule has 0 bridgehead atoms. The smallest absolute Gasteiger partial charge is 0.0289 e. The van der Waals surface area contributed by atoms with Gasteiger partial charge in [0.1, 0.15) is 0 Å². The van der Waals surface area contributed by atoms with Crippen LogP contribution in [-0.2, 0) is 0 Å². The zero-order valence-electron chi connectivity index (χ0n) is 6.31. The first-order chi connectivity index (χ1) is 4.86. The first-order valence-corrected chi connectivity index (χ1v) is 4.33. The highest BCUT2D eigenvalue weighted by atomic mass is 35.5. The van der Waals surface area contributed by atoms with Crippen LogP contribution in [0.4, 0.5) is 0 Å². The summed E-state index contributed by atoms with van der Waals surface area (Å²) in [6.07, 6.45) is 8.96. The normalized spacial score (nSPS) is 24.6. The van der Waals surface area contributed by atoms with E-state index in [9.17, 15) is 0 Å². The highest BCUT2D eigenvalue weighted by Crippen LogP contribution is 2.18. The average molecular weight is 157 g/mol. The Balaban J connectivity index is 2.46. The summed E-state index contributed by atoms with van der Waals surface area (Å²) in [5, 5.41) is 0. The molecule has 0 heterocycles. The van der Waals surface area contributed by atoms with Crippen molar-refractivity contribution in [2.24, 2.45) is 5.92 Å². The molecule has 1 unspecified atom stereocenters. The summed E-state index contributed by atoms with van der Waals surface area (Å²) < 4.78 is 0. The van der Waals surface area contributed by atoms with Gasteiger partial charge < -0.3 is 0 Å². The molecule has 0 fully saturated rings. The van der Waals surface area contributed by atoms with Gasteiger partial charge in [-0.2, -0.15) is 0 Å². The van der Waals surface area contributed by atoms with E-state index >= 15 is 0 Å². The van der Waals surface area contributed by atoms with Gasteiger partial charge in [-0.25, -0.2) is 0 Å². The second kappa shape index (κ2) is 3.82. The summed E-state index contributed by atoms with van der Waals surface area (Å²) in [5.41, 5.74) is 1.45. The van der Waals surface area contributed by atoms with Crippen molar-refractivity contribution >= 4 is 11.6 Å². The predicted molar refractivity (Wildman–Crippen MR) is 46.3 cm³/mol. The van der Waals surface area contributed by atoms with E-state index in [2.05, 4.69) is 25.2 Å². The van der Waals surface area contributed by atoms with Crippen LogP contribution in [0.5, 0.6) is 0 Å². The molecule has 0 nitrogen and oxygen atoms in total. The number of alkyl halides is 1. The van der Waals surface area contributed by atoms with Crippen LogP contribution in [0.3, 0.4) is 0 Å². The Morgan fingerprint density at radius 3 is 2.90 bits per heavy atom. The van der Waals surface area contributed by atoms with Crippen LogP contribution in [0.1, 0.15) is 19.8 Å². The highest BCUT2D eigenvalue weighted by molar-refractivity contribution is 6.18.